The molecular weight excluding hydrogens is 268 g/mol. The number of hydrogen-bond acceptors (Lipinski definition) is 2. The first kappa shape index (κ1) is 13.7. The van der Waals surface area contributed by atoms with Gasteiger partial charge in [-0.15, -0.1) is 0 Å². The Bertz CT molecular complexity index is 330. The molecule has 1 aromatic rings. The molecule has 0 bridgehead atoms. The van der Waals surface area contributed by atoms with E-state index in [1.807, 2.05) is 11.6 Å². The molecule has 0 aliphatic rings. The van der Waals surface area contributed by atoms with E-state index in [-0.39, 0.29) is 0 Å². The summed E-state index contributed by atoms with van der Waals surface area (Å²) in [4.78, 5) is 0. The number of aliphatic hydroxyl groups is 1. The molecule has 0 fully saturated rings. The van der Waals surface area contributed by atoms with Gasteiger partial charge >= 0.3 is 0 Å². The lowest BCUT2D eigenvalue weighted by molar-refractivity contribution is 0.00767. The van der Waals surface area contributed by atoms with Crippen LogP contribution >= 0.6 is 15.9 Å². The van der Waals surface area contributed by atoms with Crippen LogP contribution in [0.15, 0.2) is 10.7 Å². The lowest BCUT2D eigenvalue weighted by Gasteiger charge is -2.28. The molecule has 1 heterocycles. The lowest BCUT2D eigenvalue weighted by Crippen LogP contribution is -2.29. The topological polar surface area (TPSA) is 38.1 Å². The summed E-state index contributed by atoms with van der Waals surface area (Å²) in [6, 6.07) is 0. The Balaban J connectivity index is 3.13. The summed E-state index contributed by atoms with van der Waals surface area (Å²) in [5, 5.41) is 15.0. The van der Waals surface area contributed by atoms with Gasteiger partial charge in [0.2, 0.25) is 0 Å². The molecule has 1 aromatic heterocycles. The van der Waals surface area contributed by atoms with Crippen molar-refractivity contribution in [1.82, 2.24) is 9.78 Å². The smallest absolute Gasteiger partial charge is 0.107 e. The van der Waals surface area contributed by atoms with Crippen LogP contribution in [0, 0.1) is 0 Å². The number of halogens is 1. The van der Waals surface area contributed by atoms with E-state index in [9.17, 15) is 5.11 Å². The molecular formula is C12H21BrN2O. The predicted octanol–water partition coefficient (Wildman–Crippen LogP) is 3.45. The van der Waals surface area contributed by atoms with Gasteiger partial charge in [0.05, 0.1) is 16.4 Å². The number of hydrogen-bond donors (Lipinski definition) is 1. The van der Waals surface area contributed by atoms with Crippen LogP contribution in [0.5, 0.6) is 0 Å². The van der Waals surface area contributed by atoms with Gasteiger partial charge in [-0.05, 0) is 35.7 Å². The molecule has 1 rings (SSSR count). The van der Waals surface area contributed by atoms with Crippen molar-refractivity contribution in [3.05, 3.63) is 16.4 Å². The van der Waals surface area contributed by atoms with Crippen molar-refractivity contribution in [2.75, 3.05) is 0 Å². The Labute approximate surface area is 106 Å². The number of nitrogens with zero attached hydrogens (tertiary/aromatic N) is 2. The molecule has 0 amide bonds. The highest BCUT2D eigenvalue weighted by Gasteiger charge is 2.33. The first-order chi connectivity index (χ1) is 7.59. The zero-order valence-corrected chi connectivity index (χ0v) is 11.9. The average molecular weight is 289 g/mol. The molecule has 0 saturated carbocycles. The summed E-state index contributed by atoms with van der Waals surface area (Å²) in [6.45, 7) is 7.03. The van der Waals surface area contributed by atoms with Crippen LogP contribution in [0.4, 0.5) is 0 Å². The van der Waals surface area contributed by atoms with Gasteiger partial charge in [-0.1, -0.05) is 26.7 Å². The monoisotopic (exact) mass is 288 g/mol. The summed E-state index contributed by atoms with van der Waals surface area (Å²) in [5.41, 5.74) is 0.188. The first-order valence-corrected chi connectivity index (χ1v) is 6.82. The summed E-state index contributed by atoms with van der Waals surface area (Å²) in [6.07, 6.45) is 5.28. The second-order valence-corrected chi connectivity index (χ2v) is 5.04. The molecule has 4 heteroatoms. The van der Waals surface area contributed by atoms with Crippen molar-refractivity contribution in [2.45, 2.75) is 58.6 Å². The quantitative estimate of drug-likeness (QED) is 0.871. The Hall–Kier alpha value is -0.350. The Morgan fingerprint density at radius 2 is 1.88 bits per heavy atom. The van der Waals surface area contributed by atoms with Crippen LogP contribution in [0.25, 0.3) is 0 Å². The second-order valence-electron chi connectivity index (χ2n) is 4.19. The third-order valence-corrected chi connectivity index (χ3v) is 3.44. The highest BCUT2D eigenvalue weighted by atomic mass is 79.9. The molecule has 0 atom stereocenters. The van der Waals surface area contributed by atoms with Crippen molar-refractivity contribution < 1.29 is 5.11 Å². The molecule has 92 valence electrons. The Morgan fingerprint density at radius 3 is 2.31 bits per heavy atom. The van der Waals surface area contributed by atoms with Gasteiger partial charge < -0.3 is 5.11 Å². The van der Waals surface area contributed by atoms with Crippen LogP contribution in [-0.2, 0) is 12.1 Å². The Morgan fingerprint density at radius 1 is 1.31 bits per heavy atom. The summed E-state index contributed by atoms with van der Waals surface area (Å²) < 4.78 is 2.80. The van der Waals surface area contributed by atoms with E-state index in [4.69, 9.17) is 0 Å². The van der Waals surface area contributed by atoms with Crippen LogP contribution in [0.1, 0.15) is 52.1 Å². The fraction of sp³-hybridized carbons (Fsp3) is 0.750. The van der Waals surface area contributed by atoms with E-state index in [0.29, 0.717) is 0 Å². The molecule has 0 aliphatic heterocycles. The maximum Gasteiger partial charge on any atom is 0.107 e. The minimum atomic E-state index is -0.741. The average Bonchev–Trinajstić information content (AvgIpc) is 2.60. The third-order valence-electron chi connectivity index (χ3n) is 2.86. The fourth-order valence-electron chi connectivity index (χ4n) is 2.25. The highest BCUT2D eigenvalue weighted by Crippen LogP contribution is 2.35. The van der Waals surface area contributed by atoms with Crippen LogP contribution < -0.4 is 0 Å². The standard InChI is InChI=1S/C12H21BrN2O/c1-4-7-12(16,8-5-2)11-10(13)9-14-15(11)6-3/h9,16H,4-8H2,1-3H3. The van der Waals surface area contributed by atoms with Crippen LogP contribution in [-0.4, -0.2) is 14.9 Å². The molecule has 1 N–H and O–H groups in total. The summed E-state index contributed by atoms with van der Waals surface area (Å²) in [7, 11) is 0. The molecule has 0 unspecified atom stereocenters. The number of aromatic nitrogens is 2. The number of rotatable bonds is 6. The molecule has 16 heavy (non-hydrogen) atoms. The minimum absolute atomic E-state index is 0.741. The van der Waals surface area contributed by atoms with Gasteiger partial charge in [0.1, 0.15) is 5.60 Å². The number of aryl methyl sites for hydroxylation is 1. The maximum atomic E-state index is 10.8. The van der Waals surface area contributed by atoms with Crippen LogP contribution in [0.2, 0.25) is 0 Å². The van der Waals surface area contributed by atoms with Crippen molar-refractivity contribution >= 4 is 15.9 Å². The SMILES string of the molecule is CCCC(O)(CCC)c1c(Br)cnn1CC. The third kappa shape index (κ3) is 2.66. The minimum Gasteiger partial charge on any atom is -0.384 e. The molecule has 3 nitrogen and oxygen atoms in total. The van der Waals surface area contributed by atoms with E-state index in [2.05, 4.69) is 34.9 Å². The zero-order valence-electron chi connectivity index (χ0n) is 10.3. The van der Waals surface area contributed by atoms with Crippen molar-refractivity contribution in [3.63, 3.8) is 0 Å². The van der Waals surface area contributed by atoms with E-state index in [1.165, 1.54) is 0 Å². The van der Waals surface area contributed by atoms with Gasteiger partial charge in [-0.3, -0.25) is 4.68 Å². The van der Waals surface area contributed by atoms with E-state index in [1.54, 1.807) is 6.20 Å². The van der Waals surface area contributed by atoms with Crippen LogP contribution in [0.3, 0.4) is 0 Å². The van der Waals surface area contributed by atoms with Gasteiger partial charge in [0, 0.05) is 6.54 Å². The Kier molecular flexibility index (Phi) is 4.99. The normalized spacial score (nSPS) is 12.1. The van der Waals surface area contributed by atoms with Crippen molar-refractivity contribution in [1.29, 1.82) is 0 Å². The fourth-order valence-corrected chi connectivity index (χ4v) is 2.92. The first-order valence-electron chi connectivity index (χ1n) is 6.03. The highest BCUT2D eigenvalue weighted by molar-refractivity contribution is 9.10. The molecule has 0 radical (unpaired) electrons. The molecule has 0 aromatic carbocycles. The molecule has 0 spiro atoms. The van der Waals surface area contributed by atoms with E-state index < -0.39 is 5.60 Å². The maximum absolute atomic E-state index is 10.8. The molecule has 0 saturated heterocycles. The largest absolute Gasteiger partial charge is 0.384 e. The summed E-state index contributed by atoms with van der Waals surface area (Å²) >= 11 is 3.49. The molecule has 0 aliphatic carbocycles. The second kappa shape index (κ2) is 5.82. The predicted molar refractivity (Wildman–Crippen MR) is 69.3 cm³/mol. The van der Waals surface area contributed by atoms with Gasteiger partial charge in [-0.2, -0.15) is 5.10 Å². The van der Waals surface area contributed by atoms with Gasteiger partial charge in [0.15, 0.2) is 0 Å². The zero-order chi connectivity index (χ0) is 12.2. The lowest BCUT2D eigenvalue weighted by atomic mass is 9.89. The van der Waals surface area contributed by atoms with Crippen molar-refractivity contribution in [3.8, 4) is 0 Å². The van der Waals surface area contributed by atoms with E-state index >= 15 is 0 Å². The van der Waals surface area contributed by atoms with E-state index in [0.717, 1.165) is 42.4 Å². The van der Waals surface area contributed by atoms with Gasteiger partial charge in [-0.25, -0.2) is 0 Å². The van der Waals surface area contributed by atoms with Crippen molar-refractivity contribution in [2.24, 2.45) is 0 Å². The summed E-state index contributed by atoms with van der Waals surface area (Å²) in [5.74, 6) is 0. The van der Waals surface area contributed by atoms with Gasteiger partial charge in [0.25, 0.3) is 0 Å².